The molecule has 1 aromatic carbocycles. The number of nitrogens with zero attached hydrogens (tertiary/aromatic N) is 2. The number of rotatable bonds is 4. The summed E-state index contributed by atoms with van der Waals surface area (Å²) in [6.45, 7) is 4.84. The maximum atomic E-state index is 6.18. The van der Waals surface area contributed by atoms with Crippen molar-refractivity contribution in [3.63, 3.8) is 0 Å². The molecule has 0 aliphatic rings. The van der Waals surface area contributed by atoms with Gasteiger partial charge in [-0.25, -0.2) is 0 Å². The van der Waals surface area contributed by atoms with Crippen molar-refractivity contribution in [1.82, 2.24) is 9.78 Å². The number of hydrogen-bond donors (Lipinski definition) is 1. The molecule has 0 saturated heterocycles. The average Bonchev–Trinajstić information content (AvgIpc) is 2.62. The van der Waals surface area contributed by atoms with Gasteiger partial charge < -0.3 is 5.73 Å². The van der Waals surface area contributed by atoms with Crippen molar-refractivity contribution in [3.05, 3.63) is 33.9 Å². The lowest BCUT2D eigenvalue weighted by molar-refractivity contribution is 0.556. The fraction of sp³-hybridized carbons (Fsp3) is 0.308. The Morgan fingerprint density at radius 3 is 2.79 bits per heavy atom. The summed E-state index contributed by atoms with van der Waals surface area (Å²) in [4.78, 5) is 0.887. The molecule has 0 aliphatic heterocycles. The first kappa shape index (κ1) is 14.6. The summed E-state index contributed by atoms with van der Waals surface area (Å²) in [5.74, 6) is 0. The molecular weight excluding hydrogens is 301 g/mol. The van der Waals surface area contributed by atoms with Gasteiger partial charge in [-0.15, -0.1) is 0 Å². The van der Waals surface area contributed by atoms with E-state index in [0.29, 0.717) is 15.7 Å². The zero-order valence-corrected chi connectivity index (χ0v) is 13.1. The van der Waals surface area contributed by atoms with Crippen LogP contribution in [0.2, 0.25) is 10.0 Å². The first-order valence-electron chi connectivity index (χ1n) is 5.98. The van der Waals surface area contributed by atoms with Crippen LogP contribution in [0.25, 0.3) is 0 Å². The van der Waals surface area contributed by atoms with E-state index in [2.05, 4.69) is 12.0 Å². The Labute approximate surface area is 127 Å². The van der Waals surface area contributed by atoms with Gasteiger partial charge in [-0.3, -0.25) is 4.68 Å². The van der Waals surface area contributed by atoms with E-state index >= 15 is 0 Å². The Morgan fingerprint density at radius 2 is 2.11 bits per heavy atom. The summed E-state index contributed by atoms with van der Waals surface area (Å²) in [7, 11) is 0. The Balaban J connectivity index is 2.39. The first-order valence-corrected chi connectivity index (χ1v) is 7.56. The highest BCUT2D eigenvalue weighted by atomic mass is 35.5. The van der Waals surface area contributed by atoms with E-state index in [-0.39, 0.29) is 0 Å². The van der Waals surface area contributed by atoms with Crippen LogP contribution in [-0.4, -0.2) is 9.78 Å². The van der Waals surface area contributed by atoms with Gasteiger partial charge in [-0.2, -0.15) is 5.10 Å². The summed E-state index contributed by atoms with van der Waals surface area (Å²) in [5.41, 5.74) is 7.63. The van der Waals surface area contributed by atoms with E-state index in [9.17, 15) is 0 Å². The van der Waals surface area contributed by atoms with E-state index in [0.717, 1.165) is 28.6 Å². The van der Waals surface area contributed by atoms with Gasteiger partial charge in [-0.05, 0) is 31.5 Å². The van der Waals surface area contributed by atoms with E-state index in [1.807, 2.05) is 17.7 Å². The normalized spacial score (nSPS) is 10.9. The largest absolute Gasteiger partial charge is 0.395 e. The Kier molecular flexibility index (Phi) is 4.66. The van der Waals surface area contributed by atoms with Crippen LogP contribution in [0, 0.1) is 6.92 Å². The van der Waals surface area contributed by atoms with E-state index in [1.54, 1.807) is 12.1 Å². The van der Waals surface area contributed by atoms with Crippen molar-refractivity contribution in [3.8, 4) is 0 Å². The lowest BCUT2D eigenvalue weighted by Crippen LogP contribution is -2.01. The number of halogens is 2. The molecule has 0 fully saturated rings. The number of hydrogen-bond acceptors (Lipinski definition) is 3. The lowest BCUT2D eigenvalue weighted by Gasteiger charge is -2.08. The van der Waals surface area contributed by atoms with Crippen LogP contribution in [0.4, 0.5) is 5.69 Å². The topological polar surface area (TPSA) is 43.8 Å². The van der Waals surface area contributed by atoms with Crippen LogP contribution < -0.4 is 5.73 Å². The third kappa shape index (κ3) is 3.19. The van der Waals surface area contributed by atoms with Crippen LogP contribution in [0.3, 0.4) is 0 Å². The minimum atomic E-state index is 0.656. The van der Waals surface area contributed by atoms with Crippen molar-refractivity contribution in [2.75, 3.05) is 5.73 Å². The fourth-order valence-corrected chi connectivity index (χ4v) is 3.23. The molecule has 0 spiro atoms. The number of benzene rings is 1. The van der Waals surface area contributed by atoms with E-state index < -0.39 is 0 Å². The summed E-state index contributed by atoms with van der Waals surface area (Å²) in [6, 6.07) is 5.40. The number of nitrogen functional groups attached to an aromatic ring is 1. The van der Waals surface area contributed by atoms with Crippen LogP contribution in [-0.2, 0) is 6.54 Å². The van der Waals surface area contributed by atoms with Gasteiger partial charge >= 0.3 is 0 Å². The molecule has 102 valence electrons. The predicted octanol–water partition coefficient (Wildman–Crippen LogP) is 4.64. The Morgan fingerprint density at radius 1 is 1.37 bits per heavy atom. The molecule has 0 atom stereocenters. The van der Waals surface area contributed by atoms with Gasteiger partial charge in [0.2, 0.25) is 0 Å². The van der Waals surface area contributed by atoms with Gasteiger partial charge in [-0.1, -0.05) is 41.9 Å². The monoisotopic (exact) mass is 315 g/mol. The molecule has 0 amide bonds. The minimum Gasteiger partial charge on any atom is -0.395 e. The van der Waals surface area contributed by atoms with Crippen LogP contribution in [0.5, 0.6) is 0 Å². The second kappa shape index (κ2) is 6.07. The molecule has 0 bridgehead atoms. The molecule has 2 aromatic rings. The highest BCUT2D eigenvalue weighted by Crippen LogP contribution is 2.38. The number of aryl methyl sites for hydroxylation is 2. The van der Waals surface area contributed by atoms with E-state index in [1.165, 1.54) is 11.8 Å². The highest BCUT2D eigenvalue weighted by molar-refractivity contribution is 7.99. The zero-order chi connectivity index (χ0) is 14.0. The Bertz CT molecular complexity index is 596. The summed E-state index contributed by atoms with van der Waals surface area (Å²) >= 11 is 13.7. The molecular formula is C13H15Cl2N3S. The smallest absolute Gasteiger partial charge is 0.122 e. The van der Waals surface area contributed by atoms with Crippen molar-refractivity contribution >= 4 is 40.7 Å². The number of anilines is 1. The Hall–Kier alpha value is -0.840. The van der Waals surface area contributed by atoms with E-state index in [4.69, 9.17) is 28.9 Å². The van der Waals surface area contributed by atoms with Crippen molar-refractivity contribution in [2.45, 2.75) is 36.7 Å². The SMILES string of the molecule is CCCn1nc(C)c(N)c1Sc1cc(Cl)ccc1Cl. The van der Waals surface area contributed by atoms with Crippen LogP contribution >= 0.6 is 35.0 Å². The fourth-order valence-electron chi connectivity index (χ4n) is 1.70. The van der Waals surface area contributed by atoms with Gasteiger partial charge in [0.15, 0.2) is 0 Å². The molecule has 1 heterocycles. The molecule has 19 heavy (non-hydrogen) atoms. The van der Waals surface area contributed by atoms with Crippen LogP contribution in [0.15, 0.2) is 28.1 Å². The van der Waals surface area contributed by atoms with Gasteiger partial charge in [0, 0.05) is 16.5 Å². The van der Waals surface area contributed by atoms with Crippen molar-refractivity contribution < 1.29 is 0 Å². The molecule has 0 radical (unpaired) electrons. The summed E-state index contributed by atoms with van der Waals surface area (Å²) < 4.78 is 1.92. The van der Waals surface area contributed by atoms with Gasteiger partial charge in [0.1, 0.15) is 5.03 Å². The molecule has 3 nitrogen and oxygen atoms in total. The summed E-state index contributed by atoms with van der Waals surface area (Å²) in [6.07, 6.45) is 0.997. The van der Waals surface area contributed by atoms with Crippen molar-refractivity contribution in [1.29, 1.82) is 0 Å². The predicted molar refractivity (Wildman–Crippen MR) is 82.3 cm³/mol. The number of aromatic nitrogens is 2. The third-order valence-electron chi connectivity index (χ3n) is 2.66. The average molecular weight is 316 g/mol. The van der Waals surface area contributed by atoms with Gasteiger partial charge in [0.05, 0.1) is 16.4 Å². The van der Waals surface area contributed by atoms with Gasteiger partial charge in [0.25, 0.3) is 0 Å². The maximum absolute atomic E-state index is 6.18. The maximum Gasteiger partial charge on any atom is 0.122 e. The van der Waals surface area contributed by atoms with Crippen LogP contribution in [0.1, 0.15) is 19.0 Å². The molecule has 2 N–H and O–H groups in total. The second-order valence-corrected chi connectivity index (χ2v) is 6.08. The van der Waals surface area contributed by atoms with Crippen molar-refractivity contribution in [2.24, 2.45) is 0 Å². The minimum absolute atomic E-state index is 0.656. The molecule has 0 unspecified atom stereocenters. The molecule has 2 rings (SSSR count). The summed E-state index contributed by atoms with van der Waals surface area (Å²) in [5, 5.41) is 6.68. The lowest BCUT2D eigenvalue weighted by atomic mass is 10.4. The molecule has 0 saturated carbocycles. The third-order valence-corrected chi connectivity index (χ3v) is 4.52. The molecule has 1 aromatic heterocycles. The highest BCUT2D eigenvalue weighted by Gasteiger charge is 2.15. The zero-order valence-electron chi connectivity index (χ0n) is 10.8. The first-order chi connectivity index (χ1) is 9.02. The second-order valence-electron chi connectivity index (χ2n) is 4.20. The quantitative estimate of drug-likeness (QED) is 0.893. The molecule has 0 aliphatic carbocycles. The molecule has 6 heteroatoms. The number of nitrogens with two attached hydrogens (primary N) is 1. The standard InChI is InChI=1S/C13H15Cl2N3S/c1-3-6-18-13(12(16)8(2)17-18)19-11-7-9(14)4-5-10(11)15/h4-5,7H,3,6,16H2,1-2H3.